The van der Waals surface area contributed by atoms with E-state index in [0.29, 0.717) is 22.3 Å². The molecule has 0 aliphatic carbocycles. The van der Waals surface area contributed by atoms with Gasteiger partial charge in [-0.25, -0.2) is 19.3 Å². The van der Waals surface area contributed by atoms with Crippen LogP contribution in [-0.2, 0) is 0 Å². The second kappa shape index (κ2) is 6.73. The minimum atomic E-state index is -0.434. The van der Waals surface area contributed by atoms with E-state index in [1.54, 1.807) is 23.0 Å². The molecule has 1 fully saturated rings. The highest BCUT2D eigenvalue weighted by Crippen LogP contribution is 2.23. The van der Waals surface area contributed by atoms with E-state index in [1.165, 1.54) is 6.07 Å². The molecule has 7 nitrogen and oxygen atoms in total. The number of aryl methyl sites for hydroxylation is 2. The summed E-state index contributed by atoms with van der Waals surface area (Å²) in [5.74, 6) is -0.0557. The van der Waals surface area contributed by atoms with E-state index in [1.807, 2.05) is 24.5 Å². The van der Waals surface area contributed by atoms with E-state index >= 15 is 0 Å². The molecule has 1 N–H and O–H groups in total. The Morgan fingerprint density at radius 2 is 1.93 bits per heavy atom. The van der Waals surface area contributed by atoms with Crippen LogP contribution in [0, 0.1) is 19.7 Å². The third-order valence-corrected chi connectivity index (χ3v) is 5.55. The van der Waals surface area contributed by atoms with Crippen LogP contribution in [0.1, 0.15) is 30.3 Å². The third kappa shape index (κ3) is 3.00. The highest BCUT2D eigenvalue weighted by atomic mass is 19.1. The monoisotopic (exact) mass is 392 g/mol. The Kier molecular flexibility index (Phi) is 4.16. The summed E-state index contributed by atoms with van der Waals surface area (Å²) in [6.07, 6.45) is 6.91. The number of fused-ring (bicyclic) bond motifs is 2. The van der Waals surface area contributed by atoms with Gasteiger partial charge in [0.1, 0.15) is 0 Å². The molecular weight excluding hydrogens is 371 g/mol. The van der Waals surface area contributed by atoms with Gasteiger partial charge in [0.05, 0.1) is 16.6 Å². The number of aromatic nitrogens is 5. The first-order valence-electron chi connectivity index (χ1n) is 9.76. The molecule has 4 aromatic heterocycles. The molecule has 0 bridgehead atoms. The molecule has 0 unspecified atom stereocenters. The van der Waals surface area contributed by atoms with Gasteiger partial charge in [-0.3, -0.25) is 4.79 Å². The predicted octanol–water partition coefficient (Wildman–Crippen LogP) is 2.79. The van der Waals surface area contributed by atoms with Crippen molar-refractivity contribution in [2.75, 3.05) is 13.1 Å². The largest absolute Gasteiger partial charge is 0.317 e. The summed E-state index contributed by atoms with van der Waals surface area (Å²) in [6.45, 7) is 5.57. The van der Waals surface area contributed by atoms with Crippen LogP contribution in [0.2, 0.25) is 0 Å². The minimum absolute atomic E-state index is 0.0645. The Morgan fingerprint density at radius 3 is 2.72 bits per heavy atom. The molecule has 0 radical (unpaired) electrons. The number of imidazole rings is 1. The van der Waals surface area contributed by atoms with Gasteiger partial charge in [0.15, 0.2) is 17.3 Å². The lowest BCUT2D eigenvalue weighted by molar-refractivity contribution is 0.357. The normalized spacial score (nSPS) is 15.4. The predicted molar refractivity (Wildman–Crippen MR) is 109 cm³/mol. The maximum Gasteiger partial charge on any atom is 0.262 e. The van der Waals surface area contributed by atoms with Crippen molar-refractivity contribution >= 4 is 16.6 Å². The van der Waals surface area contributed by atoms with Crippen LogP contribution >= 0.6 is 0 Å². The van der Waals surface area contributed by atoms with Crippen molar-refractivity contribution in [3.8, 4) is 11.4 Å². The smallest absolute Gasteiger partial charge is 0.262 e. The van der Waals surface area contributed by atoms with Crippen molar-refractivity contribution in [2.24, 2.45) is 0 Å². The van der Waals surface area contributed by atoms with Gasteiger partial charge >= 0.3 is 0 Å². The topological polar surface area (TPSA) is 77.1 Å². The van der Waals surface area contributed by atoms with Gasteiger partial charge < -0.3 is 14.3 Å². The number of hydrogen-bond donors (Lipinski definition) is 1. The van der Waals surface area contributed by atoms with Crippen LogP contribution in [-0.4, -0.2) is 37.0 Å². The number of pyridine rings is 2. The molecule has 148 valence electrons. The standard InChI is InChI=1S/C21H21FN6O/c1-12-10-27-11-14(8-17(22)20(27)25-12)19-24-9-16-18(26-19)7-13(2)28(21(16)29)15-3-5-23-6-4-15/h7-11,15,23H,3-6H2,1-2H3. The molecule has 0 aromatic carbocycles. The summed E-state index contributed by atoms with van der Waals surface area (Å²) in [5.41, 5.74) is 2.93. The molecule has 0 amide bonds. The molecule has 29 heavy (non-hydrogen) atoms. The number of hydrogen-bond acceptors (Lipinski definition) is 5. The van der Waals surface area contributed by atoms with Gasteiger partial charge in [0.2, 0.25) is 0 Å². The van der Waals surface area contributed by atoms with Gasteiger partial charge in [-0.1, -0.05) is 0 Å². The molecule has 5 heterocycles. The molecule has 1 saturated heterocycles. The summed E-state index contributed by atoms with van der Waals surface area (Å²) >= 11 is 0. The summed E-state index contributed by atoms with van der Waals surface area (Å²) in [7, 11) is 0. The quantitative estimate of drug-likeness (QED) is 0.568. The lowest BCUT2D eigenvalue weighted by Crippen LogP contribution is -2.35. The zero-order valence-corrected chi connectivity index (χ0v) is 16.3. The van der Waals surface area contributed by atoms with Crippen LogP contribution in [0.3, 0.4) is 0 Å². The maximum absolute atomic E-state index is 14.4. The lowest BCUT2D eigenvalue weighted by Gasteiger charge is -2.26. The van der Waals surface area contributed by atoms with Crippen molar-refractivity contribution in [1.29, 1.82) is 0 Å². The Hall–Kier alpha value is -3.13. The van der Waals surface area contributed by atoms with Gasteiger partial charge in [-0.15, -0.1) is 0 Å². The van der Waals surface area contributed by atoms with Crippen LogP contribution in [0.25, 0.3) is 27.9 Å². The summed E-state index contributed by atoms with van der Waals surface area (Å²) in [4.78, 5) is 26.2. The number of nitrogens with zero attached hydrogens (tertiary/aromatic N) is 5. The lowest BCUT2D eigenvalue weighted by atomic mass is 10.1. The summed E-state index contributed by atoms with van der Waals surface area (Å²) < 4.78 is 17.9. The average Bonchev–Trinajstić information content (AvgIpc) is 3.09. The second-order valence-electron chi connectivity index (χ2n) is 7.62. The van der Waals surface area contributed by atoms with Crippen molar-refractivity contribution in [3.63, 3.8) is 0 Å². The van der Waals surface area contributed by atoms with Gasteiger partial charge in [-0.2, -0.15) is 0 Å². The first-order chi connectivity index (χ1) is 14.0. The van der Waals surface area contributed by atoms with E-state index in [0.717, 1.165) is 37.3 Å². The van der Waals surface area contributed by atoms with E-state index < -0.39 is 5.82 Å². The van der Waals surface area contributed by atoms with Crippen molar-refractivity contribution in [2.45, 2.75) is 32.7 Å². The van der Waals surface area contributed by atoms with Gasteiger partial charge in [0, 0.05) is 35.9 Å². The third-order valence-electron chi connectivity index (χ3n) is 5.55. The zero-order chi connectivity index (χ0) is 20.1. The minimum Gasteiger partial charge on any atom is -0.317 e. The van der Waals surface area contributed by atoms with Crippen LogP contribution in [0.5, 0.6) is 0 Å². The van der Waals surface area contributed by atoms with Crippen LogP contribution in [0.15, 0.2) is 35.5 Å². The number of nitrogens with one attached hydrogen (secondary N) is 1. The fraction of sp³-hybridized carbons (Fsp3) is 0.333. The first-order valence-corrected chi connectivity index (χ1v) is 9.76. The van der Waals surface area contributed by atoms with Crippen molar-refractivity contribution in [1.82, 2.24) is 29.2 Å². The van der Waals surface area contributed by atoms with Crippen LogP contribution in [0.4, 0.5) is 4.39 Å². The van der Waals surface area contributed by atoms with Gasteiger partial charge in [0.25, 0.3) is 5.56 Å². The fourth-order valence-electron chi connectivity index (χ4n) is 4.19. The summed E-state index contributed by atoms with van der Waals surface area (Å²) in [5, 5.41) is 3.81. The maximum atomic E-state index is 14.4. The Balaban J connectivity index is 1.63. The van der Waals surface area contributed by atoms with Crippen molar-refractivity contribution < 1.29 is 4.39 Å². The Bertz CT molecular complexity index is 1300. The van der Waals surface area contributed by atoms with E-state index in [2.05, 4.69) is 20.3 Å². The number of piperidine rings is 1. The van der Waals surface area contributed by atoms with Crippen molar-refractivity contribution in [3.05, 3.63) is 58.3 Å². The molecule has 5 rings (SSSR count). The zero-order valence-electron chi connectivity index (χ0n) is 16.3. The van der Waals surface area contributed by atoms with E-state index in [4.69, 9.17) is 0 Å². The number of halogens is 1. The highest BCUT2D eigenvalue weighted by Gasteiger charge is 2.20. The molecular formula is C21H21FN6O. The number of rotatable bonds is 2. The van der Waals surface area contributed by atoms with E-state index in [9.17, 15) is 9.18 Å². The molecule has 0 saturated carbocycles. The SMILES string of the molecule is Cc1cn2cc(-c3ncc4c(=O)n(C5CCNCC5)c(C)cc4n3)cc(F)c2n1. The highest BCUT2D eigenvalue weighted by molar-refractivity contribution is 5.79. The molecule has 4 aromatic rings. The molecule has 8 heteroatoms. The van der Waals surface area contributed by atoms with Crippen LogP contribution < -0.4 is 10.9 Å². The van der Waals surface area contributed by atoms with Gasteiger partial charge in [-0.05, 0) is 51.9 Å². The molecule has 1 aliphatic rings. The first kappa shape index (κ1) is 17.9. The van der Waals surface area contributed by atoms with E-state index in [-0.39, 0.29) is 17.2 Å². The second-order valence-corrected chi connectivity index (χ2v) is 7.62. The Morgan fingerprint density at radius 1 is 1.14 bits per heavy atom. The fourth-order valence-corrected chi connectivity index (χ4v) is 4.19. The molecule has 0 atom stereocenters. The average molecular weight is 392 g/mol. The summed E-state index contributed by atoms with van der Waals surface area (Å²) in [6, 6.07) is 3.49. The Labute approximate surface area is 166 Å². The molecule has 0 spiro atoms. The molecule has 1 aliphatic heterocycles.